The molecule has 0 saturated heterocycles. The second-order valence-electron chi connectivity index (χ2n) is 3.55. The van der Waals surface area contributed by atoms with Crippen molar-refractivity contribution >= 4 is 28.5 Å². The van der Waals surface area contributed by atoms with Gasteiger partial charge in [0.2, 0.25) is 5.13 Å². The van der Waals surface area contributed by atoms with Crippen molar-refractivity contribution in [3.63, 3.8) is 0 Å². The quantitative estimate of drug-likeness (QED) is 0.664. The van der Waals surface area contributed by atoms with Gasteiger partial charge in [-0.3, -0.25) is 5.43 Å². The first-order valence-corrected chi connectivity index (χ1v) is 5.90. The molecule has 4 nitrogen and oxygen atoms in total. The topological polar surface area (TPSA) is 63.3 Å². The first kappa shape index (κ1) is 12.4. The van der Waals surface area contributed by atoms with Crippen LogP contribution in [-0.2, 0) is 0 Å². The zero-order chi connectivity index (χ0) is 13.1. The van der Waals surface area contributed by atoms with Gasteiger partial charge in [-0.2, -0.15) is 5.10 Å². The highest BCUT2D eigenvalue weighted by atomic mass is 32.1. The minimum absolute atomic E-state index is 0.334. The maximum atomic E-state index is 13.2. The molecular weight excluding hydrogens is 258 g/mol. The summed E-state index contributed by atoms with van der Waals surface area (Å²) in [6.07, 6.45) is 1.33. The third-order valence-corrected chi connectivity index (χ3v) is 3.00. The molecule has 0 atom stereocenters. The Hall–Kier alpha value is -2.02. The van der Waals surface area contributed by atoms with Crippen LogP contribution in [-0.4, -0.2) is 11.2 Å². The summed E-state index contributed by atoms with van der Waals surface area (Å²) in [5, 5.41) is 6.02. The lowest BCUT2D eigenvalue weighted by Crippen LogP contribution is -1.96. The number of nitrogens with two attached hydrogens (primary N) is 1. The molecule has 0 radical (unpaired) electrons. The first-order valence-electron chi connectivity index (χ1n) is 5.02. The second kappa shape index (κ2) is 5.09. The second-order valence-corrected chi connectivity index (χ2v) is 4.41. The number of benzene rings is 1. The van der Waals surface area contributed by atoms with Crippen LogP contribution in [0, 0.1) is 18.6 Å². The lowest BCUT2D eigenvalue weighted by molar-refractivity contribution is 0.577. The molecule has 3 N–H and O–H groups in total. The van der Waals surface area contributed by atoms with Crippen LogP contribution < -0.4 is 11.2 Å². The van der Waals surface area contributed by atoms with Gasteiger partial charge in [-0.15, -0.1) is 11.3 Å². The summed E-state index contributed by atoms with van der Waals surface area (Å²) < 4.78 is 26.3. The van der Waals surface area contributed by atoms with Crippen LogP contribution in [0.4, 0.5) is 19.7 Å². The molecule has 2 rings (SSSR count). The molecule has 0 aliphatic rings. The SMILES string of the molecule is Cc1c(F)cc(F)cc1C=NNc1nc(N)cs1. The van der Waals surface area contributed by atoms with Crippen LogP contribution in [0.1, 0.15) is 11.1 Å². The molecule has 0 aliphatic heterocycles. The van der Waals surface area contributed by atoms with Crippen LogP contribution in [0.15, 0.2) is 22.6 Å². The van der Waals surface area contributed by atoms with E-state index in [1.54, 1.807) is 12.3 Å². The third kappa shape index (κ3) is 2.80. The van der Waals surface area contributed by atoms with Crippen molar-refractivity contribution in [3.05, 3.63) is 40.3 Å². The summed E-state index contributed by atoms with van der Waals surface area (Å²) in [5.74, 6) is -0.848. The Morgan fingerprint density at radius 1 is 1.44 bits per heavy atom. The van der Waals surface area contributed by atoms with Crippen LogP contribution in [0.2, 0.25) is 0 Å². The van der Waals surface area contributed by atoms with E-state index in [9.17, 15) is 8.78 Å². The molecule has 1 aromatic carbocycles. The summed E-state index contributed by atoms with van der Waals surface area (Å²) in [6, 6.07) is 2.04. The summed E-state index contributed by atoms with van der Waals surface area (Å²) in [6.45, 7) is 1.55. The zero-order valence-corrected chi connectivity index (χ0v) is 10.3. The number of nitrogens with one attached hydrogen (secondary N) is 1. The normalized spacial score (nSPS) is 11.1. The Balaban J connectivity index is 2.14. The smallest absolute Gasteiger partial charge is 0.205 e. The van der Waals surface area contributed by atoms with Gasteiger partial charge >= 0.3 is 0 Å². The number of halogens is 2. The highest BCUT2D eigenvalue weighted by Crippen LogP contribution is 2.17. The Morgan fingerprint density at radius 2 is 2.22 bits per heavy atom. The van der Waals surface area contributed by atoms with Gasteiger partial charge < -0.3 is 5.73 Å². The Morgan fingerprint density at radius 3 is 2.89 bits per heavy atom. The molecule has 0 spiro atoms. The van der Waals surface area contributed by atoms with Crippen molar-refractivity contribution in [1.29, 1.82) is 0 Å². The van der Waals surface area contributed by atoms with Gasteiger partial charge in [0.15, 0.2) is 0 Å². The van der Waals surface area contributed by atoms with Gasteiger partial charge in [-0.1, -0.05) is 0 Å². The van der Waals surface area contributed by atoms with Gasteiger partial charge in [0.05, 0.1) is 6.21 Å². The van der Waals surface area contributed by atoms with Gasteiger partial charge in [0.25, 0.3) is 0 Å². The van der Waals surface area contributed by atoms with Crippen molar-refractivity contribution in [1.82, 2.24) is 4.98 Å². The summed E-state index contributed by atoms with van der Waals surface area (Å²) in [4.78, 5) is 3.92. The number of hydrazone groups is 1. The number of anilines is 2. The summed E-state index contributed by atoms with van der Waals surface area (Å²) >= 11 is 1.29. The number of hydrogen-bond acceptors (Lipinski definition) is 5. The predicted octanol–water partition coefficient (Wildman–Crippen LogP) is 2.76. The van der Waals surface area contributed by atoms with E-state index in [-0.39, 0.29) is 0 Å². The summed E-state index contributed by atoms with van der Waals surface area (Å²) in [7, 11) is 0. The average molecular weight is 268 g/mol. The van der Waals surface area contributed by atoms with Crippen LogP contribution >= 0.6 is 11.3 Å². The largest absolute Gasteiger partial charge is 0.383 e. The van der Waals surface area contributed by atoms with Gasteiger partial charge in [0, 0.05) is 17.0 Å². The highest BCUT2D eigenvalue weighted by Gasteiger charge is 2.05. The van der Waals surface area contributed by atoms with E-state index in [0.717, 1.165) is 6.07 Å². The fourth-order valence-electron chi connectivity index (χ4n) is 1.29. The maximum Gasteiger partial charge on any atom is 0.205 e. The van der Waals surface area contributed by atoms with Crippen molar-refractivity contribution < 1.29 is 8.78 Å². The maximum absolute atomic E-state index is 13.2. The monoisotopic (exact) mass is 268 g/mol. The zero-order valence-electron chi connectivity index (χ0n) is 9.45. The molecule has 0 unspecified atom stereocenters. The van der Waals surface area contributed by atoms with Crippen molar-refractivity contribution in [2.24, 2.45) is 5.10 Å². The molecule has 0 aliphatic carbocycles. The highest BCUT2D eigenvalue weighted by molar-refractivity contribution is 7.14. The first-order chi connectivity index (χ1) is 8.56. The molecule has 94 valence electrons. The fourth-order valence-corrected chi connectivity index (χ4v) is 1.84. The molecule has 7 heteroatoms. The Kier molecular flexibility index (Phi) is 3.52. The van der Waals surface area contributed by atoms with E-state index in [2.05, 4.69) is 15.5 Å². The molecule has 1 aromatic heterocycles. The van der Waals surface area contributed by atoms with Crippen LogP contribution in [0.3, 0.4) is 0 Å². The lowest BCUT2D eigenvalue weighted by atomic mass is 10.1. The van der Waals surface area contributed by atoms with E-state index in [0.29, 0.717) is 22.1 Å². The molecule has 0 saturated carbocycles. The Labute approximate surface area is 106 Å². The molecule has 18 heavy (non-hydrogen) atoms. The van der Waals surface area contributed by atoms with E-state index in [1.165, 1.54) is 23.6 Å². The average Bonchev–Trinajstić information content (AvgIpc) is 2.71. The minimum Gasteiger partial charge on any atom is -0.383 e. The Bertz CT molecular complexity index is 595. The molecular formula is C11H10F2N4S. The minimum atomic E-state index is -0.641. The number of hydrogen-bond donors (Lipinski definition) is 2. The molecule has 1 heterocycles. The number of nitrogens with zero attached hydrogens (tertiary/aromatic N) is 2. The van der Waals surface area contributed by atoms with Crippen LogP contribution in [0.5, 0.6) is 0 Å². The van der Waals surface area contributed by atoms with Gasteiger partial charge in [-0.05, 0) is 18.6 Å². The molecule has 0 bridgehead atoms. The van der Waals surface area contributed by atoms with E-state index in [4.69, 9.17) is 5.73 Å². The number of nitrogen functional groups attached to an aromatic ring is 1. The lowest BCUT2D eigenvalue weighted by Gasteiger charge is -2.01. The number of rotatable bonds is 3. The van der Waals surface area contributed by atoms with Gasteiger partial charge in [-0.25, -0.2) is 13.8 Å². The van der Waals surface area contributed by atoms with E-state index >= 15 is 0 Å². The standard InChI is InChI=1S/C11H10F2N4S/c1-6-7(2-8(12)3-9(6)13)4-15-17-11-16-10(14)5-18-11/h2-5H,14H2,1H3,(H,16,17). The predicted molar refractivity (Wildman–Crippen MR) is 68.8 cm³/mol. The fraction of sp³-hybridized carbons (Fsp3) is 0.0909. The van der Waals surface area contributed by atoms with E-state index in [1.807, 2.05) is 0 Å². The van der Waals surface area contributed by atoms with E-state index < -0.39 is 11.6 Å². The van der Waals surface area contributed by atoms with Gasteiger partial charge in [0.1, 0.15) is 17.5 Å². The molecule has 2 aromatic rings. The number of aromatic nitrogens is 1. The molecule has 0 fully saturated rings. The van der Waals surface area contributed by atoms with Crippen molar-refractivity contribution in [2.75, 3.05) is 11.2 Å². The third-order valence-electron chi connectivity index (χ3n) is 2.24. The molecule has 0 amide bonds. The van der Waals surface area contributed by atoms with Crippen molar-refractivity contribution in [3.8, 4) is 0 Å². The van der Waals surface area contributed by atoms with Crippen LogP contribution in [0.25, 0.3) is 0 Å². The summed E-state index contributed by atoms with van der Waals surface area (Å²) in [5.41, 5.74) is 8.76. The number of thiazole rings is 1. The van der Waals surface area contributed by atoms with Crippen molar-refractivity contribution in [2.45, 2.75) is 6.92 Å².